The quantitative estimate of drug-likeness (QED) is 0.811. The van der Waals surface area contributed by atoms with Crippen molar-refractivity contribution in [3.63, 3.8) is 0 Å². The number of carbonyl (C=O) groups excluding carboxylic acids is 1. The summed E-state index contributed by atoms with van der Waals surface area (Å²) in [4.78, 5) is 15.2. The molecule has 0 atom stereocenters. The first-order valence-corrected chi connectivity index (χ1v) is 8.68. The zero-order valence-electron chi connectivity index (χ0n) is 13.5. The van der Waals surface area contributed by atoms with Gasteiger partial charge in [0.15, 0.2) is 0 Å². The van der Waals surface area contributed by atoms with E-state index in [1.807, 2.05) is 0 Å². The molecule has 4 nitrogen and oxygen atoms in total. The van der Waals surface area contributed by atoms with Gasteiger partial charge in [-0.25, -0.2) is 0 Å². The third kappa shape index (κ3) is 3.70. The molecule has 0 unspecified atom stereocenters. The lowest BCUT2D eigenvalue weighted by Crippen LogP contribution is -2.23. The highest BCUT2D eigenvalue weighted by Crippen LogP contribution is 2.51. The molecule has 2 rings (SSSR count). The van der Waals surface area contributed by atoms with Crippen molar-refractivity contribution in [3.8, 4) is 0 Å². The molecule has 1 heterocycles. The van der Waals surface area contributed by atoms with Gasteiger partial charge < -0.3 is 16.0 Å². The smallest absolute Gasteiger partial charge is 0.263 e. The highest BCUT2D eigenvalue weighted by atomic mass is 32.1. The first kappa shape index (κ1) is 16.1. The summed E-state index contributed by atoms with van der Waals surface area (Å²) in [6.45, 7) is 8.15. The molecule has 1 aromatic rings. The number of anilines is 2. The molecule has 1 saturated carbocycles. The van der Waals surface area contributed by atoms with Gasteiger partial charge in [0.25, 0.3) is 5.91 Å². The number of rotatable bonds is 7. The molecular weight excluding hydrogens is 282 g/mol. The second-order valence-corrected chi connectivity index (χ2v) is 7.37. The maximum Gasteiger partial charge on any atom is 0.263 e. The molecule has 0 saturated heterocycles. The number of thiophene rings is 1. The summed E-state index contributed by atoms with van der Waals surface area (Å²) >= 11 is 1.55. The van der Waals surface area contributed by atoms with E-state index in [-0.39, 0.29) is 5.91 Å². The SMILES string of the molecule is CCCNC(=O)c1sc(N(C)CC(C)C)c(C2CC2)c1N. The summed E-state index contributed by atoms with van der Waals surface area (Å²) < 4.78 is 0. The Morgan fingerprint density at radius 3 is 2.67 bits per heavy atom. The fraction of sp³-hybridized carbons (Fsp3) is 0.688. The minimum atomic E-state index is -0.0227. The summed E-state index contributed by atoms with van der Waals surface area (Å²) in [5, 5.41) is 4.13. The van der Waals surface area contributed by atoms with Crippen molar-refractivity contribution in [2.75, 3.05) is 30.8 Å². The first-order valence-electron chi connectivity index (χ1n) is 7.87. The second-order valence-electron chi connectivity index (χ2n) is 6.37. The molecule has 1 aliphatic carbocycles. The third-order valence-corrected chi connectivity index (χ3v) is 5.01. The molecule has 0 spiro atoms. The molecule has 1 aliphatic rings. The van der Waals surface area contributed by atoms with Crippen molar-refractivity contribution < 1.29 is 4.79 Å². The minimum Gasteiger partial charge on any atom is -0.397 e. The van der Waals surface area contributed by atoms with Crippen LogP contribution < -0.4 is 16.0 Å². The summed E-state index contributed by atoms with van der Waals surface area (Å²) in [5.74, 6) is 1.12. The standard InChI is InChI=1S/C16H27N3OS/c1-5-8-18-15(20)14-13(17)12(11-6-7-11)16(21-14)19(4)9-10(2)3/h10-11H,5-9,17H2,1-4H3,(H,18,20). The van der Waals surface area contributed by atoms with Crippen LogP contribution in [-0.2, 0) is 0 Å². The Balaban J connectivity index is 2.29. The van der Waals surface area contributed by atoms with Crippen LogP contribution in [0.2, 0.25) is 0 Å². The number of hydrogen-bond donors (Lipinski definition) is 2. The Bertz CT molecular complexity index is 506. The Kier molecular flexibility index (Phi) is 5.14. The predicted octanol–water partition coefficient (Wildman–Crippen LogP) is 3.44. The molecule has 1 fully saturated rings. The molecule has 0 aliphatic heterocycles. The van der Waals surface area contributed by atoms with E-state index < -0.39 is 0 Å². The van der Waals surface area contributed by atoms with Crippen molar-refractivity contribution >= 4 is 27.9 Å². The minimum absolute atomic E-state index is 0.0227. The van der Waals surface area contributed by atoms with E-state index in [0.29, 0.717) is 28.9 Å². The first-order chi connectivity index (χ1) is 9.95. The van der Waals surface area contributed by atoms with E-state index in [1.54, 1.807) is 11.3 Å². The molecule has 118 valence electrons. The largest absolute Gasteiger partial charge is 0.397 e. The van der Waals surface area contributed by atoms with Crippen LogP contribution in [-0.4, -0.2) is 26.0 Å². The van der Waals surface area contributed by atoms with Gasteiger partial charge in [-0.1, -0.05) is 20.8 Å². The Hall–Kier alpha value is -1.23. The molecule has 21 heavy (non-hydrogen) atoms. The van der Waals surface area contributed by atoms with E-state index in [0.717, 1.165) is 13.0 Å². The monoisotopic (exact) mass is 309 g/mol. The number of nitrogens with two attached hydrogens (primary N) is 1. The van der Waals surface area contributed by atoms with Crippen molar-refractivity contribution in [2.45, 2.75) is 46.0 Å². The topological polar surface area (TPSA) is 58.4 Å². The van der Waals surface area contributed by atoms with Crippen molar-refractivity contribution in [1.82, 2.24) is 5.32 Å². The molecular formula is C16H27N3OS. The molecule has 1 aromatic heterocycles. The lowest BCUT2D eigenvalue weighted by Gasteiger charge is -2.21. The molecule has 5 heteroatoms. The molecule has 3 N–H and O–H groups in total. The van der Waals surface area contributed by atoms with Crippen molar-refractivity contribution in [3.05, 3.63) is 10.4 Å². The highest BCUT2D eigenvalue weighted by Gasteiger charge is 2.34. The summed E-state index contributed by atoms with van der Waals surface area (Å²) in [7, 11) is 2.10. The fourth-order valence-corrected chi connectivity index (χ4v) is 3.81. The predicted molar refractivity (Wildman–Crippen MR) is 91.4 cm³/mol. The van der Waals surface area contributed by atoms with Gasteiger partial charge in [0.2, 0.25) is 0 Å². The van der Waals surface area contributed by atoms with Gasteiger partial charge in [-0.15, -0.1) is 11.3 Å². The number of hydrogen-bond acceptors (Lipinski definition) is 4. The van der Waals surface area contributed by atoms with E-state index >= 15 is 0 Å². The van der Waals surface area contributed by atoms with Crippen LogP contribution in [0.25, 0.3) is 0 Å². The lowest BCUT2D eigenvalue weighted by molar-refractivity contribution is 0.0958. The van der Waals surface area contributed by atoms with Crippen LogP contribution in [0.1, 0.15) is 61.2 Å². The van der Waals surface area contributed by atoms with Crippen LogP contribution in [0.5, 0.6) is 0 Å². The van der Waals surface area contributed by atoms with Gasteiger partial charge in [-0.3, -0.25) is 4.79 Å². The van der Waals surface area contributed by atoms with E-state index in [4.69, 9.17) is 5.73 Å². The summed E-state index contributed by atoms with van der Waals surface area (Å²) in [5.41, 5.74) is 8.23. The van der Waals surface area contributed by atoms with Gasteiger partial charge in [-0.2, -0.15) is 0 Å². The van der Waals surface area contributed by atoms with Gasteiger partial charge in [0, 0.05) is 25.7 Å². The lowest BCUT2D eigenvalue weighted by atomic mass is 10.1. The van der Waals surface area contributed by atoms with Gasteiger partial charge in [0.1, 0.15) is 4.88 Å². The maximum absolute atomic E-state index is 12.3. The number of nitrogens with zero attached hydrogens (tertiary/aromatic N) is 1. The maximum atomic E-state index is 12.3. The zero-order valence-corrected chi connectivity index (χ0v) is 14.3. The van der Waals surface area contributed by atoms with Crippen LogP contribution >= 0.6 is 11.3 Å². The van der Waals surface area contributed by atoms with Crippen LogP contribution in [0.15, 0.2) is 0 Å². The number of nitrogen functional groups attached to an aromatic ring is 1. The van der Waals surface area contributed by atoms with Crippen LogP contribution in [0.3, 0.4) is 0 Å². The van der Waals surface area contributed by atoms with Crippen molar-refractivity contribution in [2.24, 2.45) is 5.92 Å². The average molecular weight is 309 g/mol. The Morgan fingerprint density at radius 2 is 2.14 bits per heavy atom. The van der Waals surface area contributed by atoms with E-state index in [2.05, 4.69) is 38.0 Å². The van der Waals surface area contributed by atoms with E-state index in [1.165, 1.54) is 23.4 Å². The van der Waals surface area contributed by atoms with Gasteiger partial charge in [-0.05, 0) is 31.1 Å². The molecule has 0 bridgehead atoms. The van der Waals surface area contributed by atoms with Crippen LogP contribution in [0, 0.1) is 5.92 Å². The van der Waals surface area contributed by atoms with E-state index in [9.17, 15) is 4.79 Å². The fourth-order valence-electron chi connectivity index (χ4n) is 2.61. The summed E-state index contributed by atoms with van der Waals surface area (Å²) in [6.07, 6.45) is 3.32. The second kappa shape index (κ2) is 6.69. The molecule has 0 radical (unpaired) electrons. The summed E-state index contributed by atoms with van der Waals surface area (Å²) in [6, 6.07) is 0. The van der Waals surface area contributed by atoms with Crippen molar-refractivity contribution in [1.29, 1.82) is 0 Å². The Morgan fingerprint density at radius 1 is 1.48 bits per heavy atom. The normalized spacial score (nSPS) is 14.5. The highest BCUT2D eigenvalue weighted by molar-refractivity contribution is 7.18. The van der Waals surface area contributed by atoms with Gasteiger partial charge in [0.05, 0.1) is 10.7 Å². The average Bonchev–Trinajstić information content (AvgIpc) is 3.18. The molecule has 0 aromatic carbocycles. The number of nitrogens with one attached hydrogen (secondary N) is 1. The van der Waals surface area contributed by atoms with Crippen LogP contribution in [0.4, 0.5) is 10.7 Å². The molecule has 1 amide bonds. The number of carbonyl (C=O) groups is 1. The third-order valence-electron chi connectivity index (χ3n) is 3.68. The van der Waals surface area contributed by atoms with Gasteiger partial charge >= 0.3 is 0 Å². The zero-order chi connectivity index (χ0) is 15.6. The number of amides is 1. The Labute approximate surface area is 131 Å².